The molecule has 1 aromatic carbocycles. The number of amides is 1. The molecular formula is C32H38N6O3. The maximum atomic E-state index is 13.8. The molecule has 3 saturated carbocycles. The zero-order valence-electron chi connectivity index (χ0n) is 26.3. The van der Waals surface area contributed by atoms with Gasteiger partial charge in [0.15, 0.2) is 5.82 Å². The van der Waals surface area contributed by atoms with E-state index in [9.17, 15) is 4.79 Å². The second-order valence-electron chi connectivity index (χ2n) is 12.6. The molecule has 3 aromatic heterocycles. The first-order valence-electron chi connectivity index (χ1n) is 16.4. The number of likely N-dealkylation sites (tertiary alicyclic amines) is 1. The molecule has 0 spiro atoms. The van der Waals surface area contributed by atoms with E-state index in [1.807, 2.05) is 29.3 Å². The number of nitrogens with two attached hydrogens (primary N) is 1. The molecule has 9 heteroatoms. The Kier molecular flexibility index (Phi) is 5.18. The Morgan fingerprint density at radius 3 is 2.71 bits per heavy atom. The third-order valence-electron chi connectivity index (χ3n) is 10.0. The Labute approximate surface area is 243 Å². The van der Waals surface area contributed by atoms with Crippen LogP contribution in [0.1, 0.15) is 53.0 Å². The van der Waals surface area contributed by atoms with Crippen LogP contribution in [0, 0.1) is 17.8 Å². The molecule has 1 aliphatic heterocycles. The lowest BCUT2D eigenvalue weighted by molar-refractivity contribution is -0.00392. The first-order valence-corrected chi connectivity index (χ1v) is 14.9. The monoisotopic (exact) mass is 557 g/mol. The molecule has 9 nitrogen and oxygen atoms in total. The summed E-state index contributed by atoms with van der Waals surface area (Å²) in [5.74, 6) is 2.56. The highest BCUT2D eigenvalue weighted by Crippen LogP contribution is 2.41. The Hall–Kier alpha value is -3.43. The summed E-state index contributed by atoms with van der Waals surface area (Å²) >= 11 is 0. The highest BCUT2D eigenvalue weighted by Gasteiger charge is 2.47. The second-order valence-corrected chi connectivity index (χ2v) is 12.6. The van der Waals surface area contributed by atoms with E-state index < -0.39 is 7.04 Å². The van der Waals surface area contributed by atoms with Crippen molar-refractivity contribution < 1.29 is 18.4 Å². The fraction of sp³-hybridized carbons (Fsp3) is 0.531. The summed E-state index contributed by atoms with van der Waals surface area (Å²) in [6.07, 6.45) is 7.28. The summed E-state index contributed by atoms with van der Waals surface area (Å²) in [4.78, 5) is 25.7. The van der Waals surface area contributed by atoms with E-state index in [2.05, 4.69) is 21.3 Å². The summed E-state index contributed by atoms with van der Waals surface area (Å²) in [5.41, 5.74) is 10.4. The van der Waals surface area contributed by atoms with Gasteiger partial charge in [-0.15, -0.1) is 0 Å². The number of fused-ring (bicyclic) bond motifs is 4. The molecule has 4 aromatic rings. The van der Waals surface area contributed by atoms with Crippen molar-refractivity contribution in [1.82, 2.24) is 24.0 Å². The van der Waals surface area contributed by atoms with E-state index in [1.165, 1.54) is 12.8 Å². The van der Waals surface area contributed by atoms with Crippen LogP contribution >= 0.6 is 0 Å². The first-order chi connectivity index (χ1) is 21.2. The molecule has 4 aliphatic rings. The van der Waals surface area contributed by atoms with Gasteiger partial charge in [-0.2, -0.15) is 0 Å². The quantitative estimate of drug-likeness (QED) is 0.343. The minimum atomic E-state index is -2.40. The van der Waals surface area contributed by atoms with E-state index in [1.54, 1.807) is 7.11 Å². The van der Waals surface area contributed by atoms with Crippen molar-refractivity contribution in [3.8, 4) is 17.3 Å². The highest BCUT2D eigenvalue weighted by atomic mass is 16.5. The predicted octanol–water partition coefficient (Wildman–Crippen LogP) is 4.46. The highest BCUT2D eigenvalue weighted by molar-refractivity contribution is 6.00. The zero-order valence-corrected chi connectivity index (χ0v) is 23.3. The number of benzene rings is 1. The largest absolute Gasteiger partial charge is 0.494 e. The van der Waals surface area contributed by atoms with Crippen LogP contribution in [0.3, 0.4) is 0 Å². The number of methoxy groups -OCH3 is 2. The summed E-state index contributed by atoms with van der Waals surface area (Å²) in [6.45, 7) is 2.19. The number of piperidine rings is 1. The molecule has 1 saturated heterocycles. The maximum Gasteiger partial charge on any atom is 0.254 e. The number of imidazole rings is 1. The van der Waals surface area contributed by atoms with Crippen LogP contribution in [-0.2, 0) is 17.8 Å². The third kappa shape index (κ3) is 4.07. The number of rotatable bonds is 8. The lowest BCUT2D eigenvalue weighted by Crippen LogP contribution is -2.41. The van der Waals surface area contributed by atoms with Crippen molar-refractivity contribution in [2.75, 3.05) is 20.7 Å². The van der Waals surface area contributed by atoms with E-state index in [0.717, 1.165) is 47.5 Å². The summed E-state index contributed by atoms with van der Waals surface area (Å²) in [5, 5.41) is 1.06. The number of carbonyl (C=O) groups excluding carboxylic acids is 1. The number of hydrogen-bond acceptors (Lipinski definition) is 6. The Balaban J connectivity index is 1.23. The summed E-state index contributed by atoms with van der Waals surface area (Å²) < 4.78 is 38.2. The van der Waals surface area contributed by atoms with Gasteiger partial charge in [0, 0.05) is 55.9 Å². The lowest BCUT2D eigenvalue weighted by atomic mass is 9.82. The molecule has 41 heavy (non-hydrogen) atoms. The molecule has 4 fully saturated rings. The molecule has 2 bridgehead atoms. The van der Waals surface area contributed by atoms with Crippen LogP contribution in [0.5, 0.6) is 5.75 Å². The average molecular weight is 558 g/mol. The van der Waals surface area contributed by atoms with Gasteiger partial charge in [0.05, 0.1) is 28.5 Å². The second kappa shape index (κ2) is 9.56. The van der Waals surface area contributed by atoms with Gasteiger partial charge in [0.25, 0.3) is 5.91 Å². The number of nitrogens with zero attached hydrogens (tertiary/aromatic N) is 5. The van der Waals surface area contributed by atoms with Crippen molar-refractivity contribution >= 4 is 28.0 Å². The number of carbonyl (C=O) groups is 1. The molecule has 0 radical (unpaired) electrons. The normalized spacial score (nSPS) is 28.6. The molecule has 214 valence electrons. The molecule has 2 N–H and O–H groups in total. The Morgan fingerprint density at radius 2 is 1.98 bits per heavy atom. The molecule has 3 atom stereocenters. The maximum absolute atomic E-state index is 13.8. The lowest BCUT2D eigenvalue weighted by Gasteiger charge is -2.34. The summed E-state index contributed by atoms with van der Waals surface area (Å²) in [6, 6.07) is 10.0. The van der Waals surface area contributed by atoms with Crippen molar-refractivity contribution in [3.05, 3.63) is 42.1 Å². The Bertz CT molecular complexity index is 1760. The smallest absolute Gasteiger partial charge is 0.254 e. The topological polar surface area (TPSA) is 100 Å². The zero-order chi connectivity index (χ0) is 30.3. The van der Waals surface area contributed by atoms with Crippen LogP contribution in [0.25, 0.3) is 33.6 Å². The van der Waals surface area contributed by atoms with Gasteiger partial charge in [-0.1, -0.05) is 0 Å². The van der Waals surface area contributed by atoms with Crippen LogP contribution in [-0.4, -0.2) is 68.8 Å². The van der Waals surface area contributed by atoms with Crippen LogP contribution in [0.15, 0.2) is 36.5 Å². The third-order valence-corrected chi connectivity index (χ3v) is 10.0. The molecule has 8 rings (SSSR count). The van der Waals surface area contributed by atoms with Crippen molar-refractivity contribution in [2.45, 2.75) is 69.8 Å². The number of ether oxygens (including phenoxy) is 2. The SMILES string of the molecule is [2H]C([2H])([2H])OC1CC(Cn2c(-c3cc4cccnc4n3CC3CC3)nc3cc(C(=O)N4C[C@H]5CC[C@@H]4[C@@H]5N)cc(OC)c32)C1. The first kappa shape index (κ1) is 22.2. The van der Waals surface area contributed by atoms with E-state index >= 15 is 0 Å². The molecule has 3 aliphatic carbocycles. The summed E-state index contributed by atoms with van der Waals surface area (Å²) in [7, 11) is -0.768. The minimum absolute atomic E-state index is 0.0281. The average Bonchev–Trinajstić information content (AvgIpc) is 3.34. The van der Waals surface area contributed by atoms with Gasteiger partial charge in [0.2, 0.25) is 0 Å². The van der Waals surface area contributed by atoms with Gasteiger partial charge in [-0.05, 0) is 86.6 Å². The van der Waals surface area contributed by atoms with Crippen molar-refractivity contribution in [2.24, 2.45) is 23.5 Å². The predicted molar refractivity (Wildman–Crippen MR) is 157 cm³/mol. The van der Waals surface area contributed by atoms with Gasteiger partial charge in [-0.25, -0.2) is 9.97 Å². The van der Waals surface area contributed by atoms with E-state index in [0.29, 0.717) is 54.6 Å². The van der Waals surface area contributed by atoms with Gasteiger partial charge >= 0.3 is 0 Å². The fourth-order valence-corrected chi connectivity index (χ4v) is 7.52. The number of aromatic nitrogens is 4. The standard InChI is InChI=1S/C32H38N6O3/c1-40-23-10-19(11-23)16-38-29-24(12-22(14-27(29)41-2)32(39)37-17-21-7-8-25(37)28(21)33)35-31(38)26-13-20-4-3-9-34-30(20)36(26)15-18-5-6-18/h3-4,9,12-14,18-19,21,23,25,28H,5-8,10-11,15-17,33H2,1-2H3/t19?,21-,23?,25-,28-/m1/s1/i1D3. The molecule has 4 heterocycles. The number of pyridine rings is 1. The van der Waals surface area contributed by atoms with Crippen LogP contribution in [0.2, 0.25) is 0 Å². The van der Waals surface area contributed by atoms with Gasteiger partial charge < -0.3 is 29.2 Å². The fourth-order valence-electron chi connectivity index (χ4n) is 7.52. The molecule has 1 amide bonds. The van der Waals surface area contributed by atoms with Crippen molar-refractivity contribution in [1.29, 1.82) is 0 Å². The van der Waals surface area contributed by atoms with E-state index in [4.69, 9.17) is 29.3 Å². The Morgan fingerprint density at radius 1 is 1.12 bits per heavy atom. The van der Waals surface area contributed by atoms with E-state index in [-0.39, 0.29) is 30.0 Å². The van der Waals surface area contributed by atoms with Crippen LogP contribution in [0.4, 0.5) is 0 Å². The molecular weight excluding hydrogens is 516 g/mol. The van der Waals surface area contributed by atoms with Gasteiger partial charge in [0.1, 0.15) is 16.9 Å². The minimum Gasteiger partial charge on any atom is -0.494 e. The van der Waals surface area contributed by atoms with Crippen molar-refractivity contribution in [3.63, 3.8) is 0 Å². The number of hydrogen-bond donors (Lipinski definition) is 1. The van der Waals surface area contributed by atoms with Gasteiger partial charge in [-0.3, -0.25) is 4.79 Å². The molecule has 0 unspecified atom stereocenters. The van der Waals surface area contributed by atoms with Crippen LogP contribution < -0.4 is 10.5 Å².